The number of nitrogens with one attached hydrogen (secondary N) is 1. The molecule has 0 saturated carbocycles. The highest BCUT2D eigenvalue weighted by Crippen LogP contribution is 2.28. The summed E-state index contributed by atoms with van der Waals surface area (Å²) in [7, 11) is -3.27. The van der Waals surface area contributed by atoms with Crippen LogP contribution in [0.2, 0.25) is 0 Å². The first kappa shape index (κ1) is 16.9. The van der Waals surface area contributed by atoms with Crippen LogP contribution in [0.15, 0.2) is 47.4 Å². The van der Waals surface area contributed by atoms with E-state index in [9.17, 15) is 23.3 Å². The second-order valence-electron chi connectivity index (χ2n) is 5.48. The van der Waals surface area contributed by atoms with E-state index >= 15 is 0 Å². The first-order valence-corrected chi connectivity index (χ1v) is 9.03. The number of nitro groups is 1. The van der Waals surface area contributed by atoms with E-state index in [1.165, 1.54) is 30.3 Å². The second kappa shape index (κ2) is 6.52. The standard InChI is InChI=1S/C16H14N2O6S/c19-16(10-24-14-5-3-13(4-6-14)18(20)21)17-12-2-1-11-7-8-25(22,23)15(11)9-12/h1-6,9H,7-8,10H2,(H,17,19). The van der Waals surface area contributed by atoms with Gasteiger partial charge >= 0.3 is 0 Å². The van der Waals surface area contributed by atoms with Crippen molar-refractivity contribution >= 4 is 27.1 Å². The Kier molecular flexibility index (Phi) is 4.41. The number of aryl methyl sites for hydroxylation is 1. The summed E-state index contributed by atoms with van der Waals surface area (Å²) >= 11 is 0. The van der Waals surface area contributed by atoms with E-state index in [1.54, 1.807) is 12.1 Å². The maximum absolute atomic E-state index is 11.9. The number of hydrogen-bond donors (Lipinski definition) is 1. The van der Waals surface area contributed by atoms with Crippen molar-refractivity contribution in [3.05, 3.63) is 58.1 Å². The van der Waals surface area contributed by atoms with E-state index in [-0.39, 0.29) is 22.9 Å². The van der Waals surface area contributed by atoms with Crippen LogP contribution in [0.3, 0.4) is 0 Å². The lowest BCUT2D eigenvalue weighted by Gasteiger charge is -2.08. The molecule has 0 unspecified atom stereocenters. The van der Waals surface area contributed by atoms with Gasteiger partial charge in [0.05, 0.1) is 15.6 Å². The number of amides is 1. The minimum Gasteiger partial charge on any atom is -0.484 e. The number of hydrogen-bond acceptors (Lipinski definition) is 6. The maximum Gasteiger partial charge on any atom is 0.269 e. The van der Waals surface area contributed by atoms with E-state index in [0.717, 1.165) is 5.56 Å². The molecule has 1 heterocycles. The zero-order chi connectivity index (χ0) is 18.0. The Labute approximate surface area is 143 Å². The molecule has 0 bridgehead atoms. The van der Waals surface area contributed by atoms with Crippen LogP contribution in [0.1, 0.15) is 5.56 Å². The molecule has 1 aliphatic heterocycles. The summed E-state index contributed by atoms with van der Waals surface area (Å²) in [6.07, 6.45) is 0.481. The molecule has 2 aromatic carbocycles. The first-order chi connectivity index (χ1) is 11.8. The molecule has 3 rings (SSSR count). The first-order valence-electron chi connectivity index (χ1n) is 7.38. The number of carbonyl (C=O) groups is 1. The van der Waals surface area contributed by atoms with Crippen LogP contribution in [-0.2, 0) is 21.1 Å². The predicted molar refractivity (Wildman–Crippen MR) is 89.4 cm³/mol. The van der Waals surface area contributed by atoms with Gasteiger partial charge in [-0.3, -0.25) is 14.9 Å². The summed E-state index contributed by atoms with van der Waals surface area (Å²) in [5.41, 5.74) is 1.05. The Morgan fingerprint density at radius 2 is 1.92 bits per heavy atom. The number of rotatable bonds is 5. The molecule has 0 aromatic heterocycles. The van der Waals surface area contributed by atoms with Gasteiger partial charge in [0, 0.05) is 17.8 Å². The molecular formula is C16H14N2O6S. The summed E-state index contributed by atoms with van der Waals surface area (Å²) in [5, 5.41) is 13.1. The lowest BCUT2D eigenvalue weighted by Crippen LogP contribution is -2.20. The summed E-state index contributed by atoms with van der Waals surface area (Å²) in [6, 6.07) is 10.1. The fraction of sp³-hybridized carbons (Fsp3) is 0.188. The van der Waals surface area contributed by atoms with E-state index in [0.29, 0.717) is 17.9 Å². The molecule has 25 heavy (non-hydrogen) atoms. The molecule has 1 amide bonds. The fourth-order valence-corrected chi connectivity index (χ4v) is 4.08. The number of sulfone groups is 1. The minimum absolute atomic E-state index is 0.0730. The summed E-state index contributed by atoms with van der Waals surface area (Å²) in [5.74, 6) is -0.0609. The number of benzene rings is 2. The molecule has 0 spiro atoms. The third kappa shape index (κ3) is 3.77. The zero-order valence-corrected chi connectivity index (χ0v) is 13.8. The number of carbonyl (C=O) groups excluding carboxylic acids is 1. The van der Waals surface area contributed by atoms with Gasteiger partial charge in [-0.05, 0) is 36.2 Å². The van der Waals surface area contributed by atoms with Gasteiger partial charge in [0.1, 0.15) is 5.75 Å². The Morgan fingerprint density at radius 3 is 2.60 bits per heavy atom. The summed E-state index contributed by atoms with van der Waals surface area (Å²) < 4.78 is 29.0. The number of nitro benzene ring substituents is 1. The van der Waals surface area contributed by atoms with Gasteiger partial charge in [0.25, 0.3) is 11.6 Å². The monoisotopic (exact) mass is 362 g/mol. The van der Waals surface area contributed by atoms with E-state index < -0.39 is 20.7 Å². The van der Waals surface area contributed by atoms with Gasteiger partial charge in [0.15, 0.2) is 16.4 Å². The maximum atomic E-state index is 11.9. The fourth-order valence-electron chi connectivity index (χ4n) is 2.49. The van der Waals surface area contributed by atoms with Crippen molar-refractivity contribution in [2.75, 3.05) is 17.7 Å². The molecule has 1 aliphatic rings. The normalized spacial score (nSPS) is 14.6. The molecule has 130 valence electrons. The summed E-state index contributed by atoms with van der Waals surface area (Å²) in [4.78, 5) is 22.2. The van der Waals surface area contributed by atoms with Crippen molar-refractivity contribution in [3.8, 4) is 5.75 Å². The number of nitrogens with zero attached hydrogens (tertiary/aromatic N) is 1. The summed E-state index contributed by atoms with van der Waals surface area (Å²) in [6.45, 7) is -0.304. The largest absolute Gasteiger partial charge is 0.484 e. The van der Waals surface area contributed by atoms with Gasteiger partial charge < -0.3 is 10.1 Å². The molecule has 1 N–H and O–H groups in total. The number of anilines is 1. The lowest BCUT2D eigenvalue weighted by molar-refractivity contribution is -0.384. The van der Waals surface area contributed by atoms with E-state index in [4.69, 9.17) is 4.74 Å². The van der Waals surface area contributed by atoms with Crippen molar-refractivity contribution in [3.63, 3.8) is 0 Å². The molecule has 0 radical (unpaired) electrons. The molecule has 8 nitrogen and oxygen atoms in total. The van der Waals surface area contributed by atoms with Crippen LogP contribution >= 0.6 is 0 Å². The van der Waals surface area contributed by atoms with Gasteiger partial charge in [-0.1, -0.05) is 6.07 Å². The second-order valence-corrected chi connectivity index (χ2v) is 7.56. The molecule has 0 aliphatic carbocycles. The Bertz CT molecular complexity index is 938. The number of ether oxygens (including phenoxy) is 1. The highest BCUT2D eigenvalue weighted by atomic mass is 32.2. The van der Waals surface area contributed by atoms with Gasteiger partial charge in [-0.2, -0.15) is 0 Å². The third-order valence-corrected chi connectivity index (χ3v) is 5.54. The van der Waals surface area contributed by atoms with Crippen LogP contribution < -0.4 is 10.1 Å². The average Bonchev–Trinajstić information content (AvgIpc) is 2.88. The van der Waals surface area contributed by atoms with Crippen LogP contribution in [0.4, 0.5) is 11.4 Å². The minimum atomic E-state index is -3.27. The Hall–Kier alpha value is -2.94. The van der Waals surface area contributed by atoms with Gasteiger partial charge in [-0.25, -0.2) is 8.42 Å². The highest BCUT2D eigenvalue weighted by molar-refractivity contribution is 7.91. The van der Waals surface area contributed by atoms with Crippen molar-refractivity contribution in [2.45, 2.75) is 11.3 Å². The van der Waals surface area contributed by atoms with Gasteiger partial charge in [-0.15, -0.1) is 0 Å². The van der Waals surface area contributed by atoms with Crippen LogP contribution in [0.5, 0.6) is 5.75 Å². The lowest BCUT2D eigenvalue weighted by atomic mass is 10.1. The quantitative estimate of drug-likeness (QED) is 0.642. The topological polar surface area (TPSA) is 116 Å². The van der Waals surface area contributed by atoms with Crippen LogP contribution in [-0.4, -0.2) is 31.6 Å². The Morgan fingerprint density at radius 1 is 1.20 bits per heavy atom. The van der Waals surface area contributed by atoms with E-state index in [2.05, 4.69) is 5.32 Å². The molecule has 0 atom stereocenters. The predicted octanol–water partition coefficient (Wildman–Crippen LogP) is 1.94. The zero-order valence-electron chi connectivity index (χ0n) is 13.0. The van der Waals surface area contributed by atoms with Crippen molar-refractivity contribution in [2.24, 2.45) is 0 Å². The van der Waals surface area contributed by atoms with Gasteiger partial charge in [0.2, 0.25) is 0 Å². The van der Waals surface area contributed by atoms with Crippen LogP contribution in [0.25, 0.3) is 0 Å². The SMILES string of the molecule is O=C(COc1ccc([N+](=O)[O-])cc1)Nc1ccc2c(c1)S(=O)(=O)CC2. The molecule has 9 heteroatoms. The van der Waals surface area contributed by atoms with Crippen molar-refractivity contribution in [1.29, 1.82) is 0 Å². The number of non-ortho nitro benzene ring substituents is 1. The van der Waals surface area contributed by atoms with Crippen LogP contribution in [0, 0.1) is 10.1 Å². The Balaban J connectivity index is 1.61. The molecular weight excluding hydrogens is 348 g/mol. The van der Waals surface area contributed by atoms with E-state index in [1.807, 2.05) is 0 Å². The van der Waals surface area contributed by atoms with Crippen molar-refractivity contribution in [1.82, 2.24) is 0 Å². The van der Waals surface area contributed by atoms with Crippen molar-refractivity contribution < 1.29 is 22.9 Å². The molecule has 0 fully saturated rings. The molecule has 2 aromatic rings. The third-order valence-electron chi connectivity index (χ3n) is 3.74. The highest BCUT2D eigenvalue weighted by Gasteiger charge is 2.26. The average molecular weight is 362 g/mol. The number of fused-ring (bicyclic) bond motifs is 1. The smallest absolute Gasteiger partial charge is 0.269 e. The molecule has 0 saturated heterocycles.